The van der Waals surface area contributed by atoms with Crippen LogP contribution in [0.15, 0.2) is 23.2 Å². The molecule has 1 fully saturated rings. The standard InChI is InChI=1S/C16H25N3O2/c1-4-21-14-8-7-13(9-15(14)20-3)11-19-16(17-2)18-10-12-5-6-12/h7-9,12H,4-6,10-11H2,1-3H3,(H2,17,18,19). The zero-order valence-corrected chi connectivity index (χ0v) is 13.1. The minimum Gasteiger partial charge on any atom is -0.493 e. The van der Waals surface area contributed by atoms with Gasteiger partial charge in [0, 0.05) is 20.1 Å². The van der Waals surface area contributed by atoms with E-state index in [4.69, 9.17) is 9.47 Å². The summed E-state index contributed by atoms with van der Waals surface area (Å²) in [5.74, 6) is 3.21. The zero-order valence-electron chi connectivity index (χ0n) is 13.1. The van der Waals surface area contributed by atoms with Gasteiger partial charge in [-0.15, -0.1) is 0 Å². The first-order valence-corrected chi connectivity index (χ1v) is 7.51. The molecule has 21 heavy (non-hydrogen) atoms. The first-order chi connectivity index (χ1) is 10.3. The van der Waals surface area contributed by atoms with Gasteiger partial charge in [0.2, 0.25) is 0 Å². The quantitative estimate of drug-likeness (QED) is 0.597. The Bertz CT molecular complexity index is 484. The van der Waals surface area contributed by atoms with Crippen LogP contribution < -0.4 is 20.1 Å². The molecule has 5 nitrogen and oxygen atoms in total. The number of benzene rings is 1. The number of nitrogens with one attached hydrogen (secondary N) is 2. The lowest BCUT2D eigenvalue weighted by Crippen LogP contribution is -2.37. The molecule has 1 aromatic rings. The van der Waals surface area contributed by atoms with Crippen molar-refractivity contribution in [1.82, 2.24) is 10.6 Å². The lowest BCUT2D eigenvalue weighted by atomic mass is 10.2. The third-order valence-corrected chi connectivity index (χ3v) is 3.47. The summed E-state index contributed by atoms with van der Waals surface area (Å²) >= 11 is 0. The van der Waals surface area contributed by atoms with Gasteiger partial charge in [-0.25, -0.2) is 0 Å². The molecule has 0 unspecified atom stereocenters. The topological polar surface area (TPSA) is 54.9 Å². The fourth-order valence-corrected chi connectivity index (χ4v) is 2.07. The van der Waals surface area contributed by atoms with E-state index in [0.717, 1.165) is 35.5 Å². The van der Waals surface area contributed by atoms with Crippen LogP contribution in [0, 0.1) is 5.92 Å². The molecule has 0 heterocycles. The highest BCUT2D eigenvalue weighted by molar-refractivity contribution is 5.79. The van der Waals surface area contributed by atoms with Gasteiger partial charge in [-0.05, 0) is 43.4 Å². The first kappa shape index (κ1) is 15.5. The van der Waals surface area contributed by atoms with Crippen LogP contribution in [0.1, 0.15) is 25.3 Å². The smallest absolute Gasteiger partial charge is 0.191 e. The van der Waals surface area contributed by atoms with Crippen LogP contribution in [0.4, 0.5) is 0 Å². The van der Waals surface area contributed by atoms with Crippen molar-refractivity contribution < 1.29 is 9.47 Å². The van der Waals surface area contributed by atoms with Crippen LogP contribution in [0.2, 0.25) is 0 Å². The summed E-state index contributed by atoms with van der Waals surface area (Å²) in [4.78, 5) is 4.23. The Labute approximate surface area is 126 Å². The summed E-state index contributed by atoms with van der Waals surface area (Å²) in [6, 6.07) is 5.97. The van der Waals surface area contributed by atoms with Crippen LogP contribution >= 0.6 is 0 Å². The number of hydrogen-bond donors (Lipinski definition) is 2. The first-order valence-electron chi connectivity index (χ1n) is 7.51. The van der Waals surface area contributed by atoms with E-state index >= 15 is 0 Å². The van der Waals surface area contributed by atoms with Crippen molar-refractivity contribution in [3.8, 4) is 11.5 Å². The summed E-state index contributed by atoms with van der Waals surface area (Å²) in [5.41, 5.74) is 1.13. The molecule has 0 radical (unpaired) electrons. The molecule has 0 aliphatic heterocycles. The van der Waals surface area contributed by atoms with Gasteiger partial charge in [0.25, 0.3) is 0 Å². The third-order valence-electron chi connectivity index (χ3n) is 3.47. The van der Waals surface area contributed by atoms with Gasteiger partial charge in [0.1, 0.15) is 0 Å². The molecular formula is C16H25N3O2. The molecule has 0 atom stereocenters. The number of methoxy groups -OCH3 is 1. The second-order valence-electron chi connectivity index (χ2n) is 5.17. The molecule has 0 bridgehead atoms. The number of aliphatic imine (C=N–C) groups is 1. The monoisotopic (exact) mass is 291 g/mol. The van der Waals surface area contributed by atoms with E-state index in [9.17, 15) is 0 Å². The summed E-state index contributed by atoms with van der Waals surface area (Å²) in [6.07, 6.45) is 2.67. The lowest BCUT2D eigenvalue weighted by molar-refractivity contribution is 0.310. The molecule has 0 spiro atoms. The molecule has 2 rings (SSSR count). The van der Waals surface area contributed by atoms with Crippen molar-refractivity contribution in [3.63, 3.8) is 0 Å². The fraction of sp³-hybridized carbons (Fsp3) is 0.562. The highest BCUT2D eigenvalue weighted by Crippen LogP contribution is 2.28. The SMILES string of the molecule is CCOc1ccc(CNC(=NC)NCC2CC2)cc1OC. The Morgan fingerprint density at radius 3 is 2.71 bits per heavy atom. The van der Waals surface area contributed by atoms with Gasteiger partial charge < -0.3 is 20.1 Å². The number of guanidine groups is 1. The van der Waals surface area contributed by atoms with E-state index in [-0.39, 0.29) is 0 Å². The predicted molar refractivity (Wildman–Crippen MR) is 85.1 cm³/mol. The Morgan fingerprint density at radius 1 is 1.29 bits per heavy atom. The van der Waals surface area contributed by atoms with Crippen molar-refractivity contribution >= 4 is 5.96 Å². The van der Waals surface area contributed by atoms with Gasteiger partial charge in [-0.1, -0.05) is 6.07 Å². The second kappa shape index (κ2) is 7.76. The Balaban J connectivity index is 1.88. The van der Waals surface area contributed by atoms with E-state index in [1.165, 1.54) is 12.8 Å². The van der Waals surface area contributed by atoms with Gasteiger partial charge in [-0.2, -0.15) is 0 Å². The van der Waals surface area contributed by atoms with Crippen molar-refractivity contribution in [2.75, 3.05) is 27.3 Å². The van der Waals surface area contributed by atoms with E-state index in [2.05, 4.69) is 15.6 Å². The molecule has 1 aromatic carbocycles. The molecule has 0 amide bonds. The molecule has 5 heteroatoms. The van der Waals surface area contributed by atoms with Gasteiger partial charge in [0.15, 0.2) is 17.5 Å². The minimum absolute atomic E-state index is 0.631. The van der Waals surface area contributed by atoms with E-state index < -0.39 is 0 Å². The predicted octanol–water partition coefficient (Wildman–Crippen LogP) is 2.17. The minimum atomic E-state index is 0.631. The molecule has 116 valence electrons. The highest BCUT2D eigenvalue weighted by Gasteiger charge is 2.21. The number of rotatable bonds is 7. The summed E-state index contributed by atoms with van der Waals surface area (Å²) in [6.45, 7) is 4.30. The molecule has 1 aliphatic rings. The van der Waals surface area contributed by atoms with Crippen molar-refractivity contribution in [3.05, 3.63) is 23.8 Å². The van der Waals surface area contributed by atoms with Crippen LogP contribution in [0.25, 0.3) is 0 Å². The largest absolute Gasteiger partial charge is 0.493 e. The van der Waals surface area contributed by atoms with Crippen LogP contribution in [-0.2, 0) is 6.54 Å². The van der Waals surface area contributed by atoms with Gasteiger partial charge >= 0.3 is 0 Å². The summed E-state index contributed by atoms with van der Waals surface area (Å²) in [5, 5.41) is 6.66. The molecule has 0 aromatic heterocycles. The van der Waals surface area contributed by atoms with Crippen LogP contribution in [0.5, 0.6) is 11.5 Å². The summed E-state index contributed by atoms with van der Waals surface area (Å²) in [7, 11) is 3.45. The zero-order chi connectivity index (χ0) is 15.1. The van der Waals surface area contributed by atoms with E-state index in [1.807, 2.05) is 25.1 Å². The Morgan fingerprint density at radius 2 is 2.10 bits per heavy atom. The highest BCUT2D eigenvalue weighted by atomic mass is 16.5. The Kier molecular flexibility index (Phi) is 5.72. The Hall–Kier alpha value is -1.91. The molecule has 0 saturated heterocycles. The van der Waals surface area contributed by atoms with E-state index in [1.54, 1.807) is 14.2 Å². The van der Waals surface area contributed by atoms with E-state index in [0.29, 0.717) is 13.2 Å². The maximum absolute atomic E-state index is 5.52. The second-order valence-corrected chi connectivity index (χ2v) is 5.17. The van der Waals surface area contributed by atoms with Crippen LogP contribution in [0.3, 0.4) is 0 Å². The maximum atomic E-state index is 5.52. The van der Waals surface area contributed by atoms with Crippen molar-refractivity contribution in [2.45, 2.75) is 26.3 Å². The van der Waals surface area contributed by atoms with Crippen LogP contribution in [-0.4, -0.2) is 33.3 Å². The summed E-state index contributed by atoms with van der Waals surface area (Å²) < 4.78 is 10.9. The molecule has 1 saturated carbocycles. The molecule has 1 aliphatic carbocycles. The third kappa shape index (κ3) is 4.85. The lowest BCUT2D eigenvalue weighted by Gasteiger charge is -2.13. The number of ether oxygens (including phenoxy) is 2. The van der Waals surface area contributed by atoms with Crippen molar-refractivity contribution in [2.24, 2.45) is 10.9 Å². The average molecular weight is 291 g/mol. The van der Waals surface area contributed by atoms with Gasteiger partial charge in [-0.3, -0.25) is 4.99 Å². The average Bonchev–Trinajstić information content (AvgIpc) is 3.33. The normalized spacial score (nSPS) is 14.7. The molecule has 2 N–H and O–H groups in total. The fourth-order valence-electron chi connectivity index (χ4n) is 2.07. The molecular weight excluding hydrogens is 266 g/mol. The number of nitrogens with zero attached hydrogens (tertiary/aromatic N) is 1. The maximum Gasteiger partial charge on any atom is 0.191 e. The van der Waals surface area contributed by atoms with Crippen molar-refractivity contribution in [1.29, 1.82) is 0 Å². The van der Waals surface area contributed by atoms with Gasteiger partial charge in [0.05, 0.1) is 13.7 Å². The number of hydrogen-bond acceptors (Lipinski definition) is 3.